The van der Waals surface area contributed by atoms with Crippen molar-refractivity contribution >= 4 is 17.0 Å². The van der Waals surface area contributed by atoms with Crippen LogP contribution in [0.5, 0.6) is 0 Å². The van der Waals surface area contributed by atoms with Crippen molar-refractivity contribution < 1.29 is 9.90 Å². The molecule has 0 atom stereocenters. The van der Waals surface area contributed by atoms with Crippen molar-refractivity contribution in [2.75, 3.05) is 0 Å². The molecule has 0 aliphatic heterocycles. The van der Waals surface area contributed by atoms with Crippen molar-refractivity contribution in [1.29, 1.82) is 0 Å². The van der Waals surface area contributed by atoms with Crippen LogP contribution >= 0.6 is 0 Å². The number of nitrogens with zero attached hydrogens (tertiary/aromatic N) is 2. The number of carboxylic acids is 1. The molecule has 82 valence electrons. The molecule has 0 spiro atoms. The first-order chi connectivity index (χ1) is 7.58. The van der Waals surface area contributed by atoms with Crippen molar-refractivity contribution in [3.8, 4) is 0 Å². The van der Waals surface area contributed by atoms with Crippen LogP contribution in [-0.4, -0.2) is 21.0 Å². The summed E-state index contributed by atoms with van der Waals surface area (Å²) >= 11 is 0. The molecule has 0 saturated carbocycles. The molecule has 0 aliphatic rings. The van der Waals surface area contributed by atoms with Gasteiger partial charge >= 0.3 is 5.97 Å². The number of aromatic carboxylic acids is 1. The largest absolute Gasteiger partial charge is 0.478 e. The van der Waals surface area contributed by atoms with E-state index in [1.807, 2.05) is 13.8 Å². The second kappa shape index (κ2) is 3.89. The minimum Gasteiger partial charge on any atom is -0.478 e. The summed E-state index contributed by atoms with van der Waals surface area (Å²) in [5, 5.41) is 8.87. The highest BCUT2D eigenvalue weighted by Crippen LogP contribution is 2.16. The smallest absolute Gasteiger partial charge is 0.335 e. The molecule has 1 aromatic heterocycles. The van der Waals surface area contributed by atoms with E-state index in [4.69, 9.17) is 5.11 Å². The highest BCUT2D eigenvalue weighted by molar-refractivity contribution is 5.92. The lowest BCUT2D eigenvalue weighted by Gasteiger charge is -2.05. The van der Waals surface area contributed by atoms with E-state index in [0.717, 1.165) is 11.2 Å². The lowest BCUT2D eigenvalue weighted by Crippen LogP contribution is -1.99. The Balaban J connectivity index is 2.61. The molecule has 0 amide bonds. The SMILES string of the molecule is CC(C)c1cnc2ccc(C(=O)O)cc2n1. The normalized spacial score (nSPS) is 10.9. The number of carbonyl (C=O) groups is 1. The van der Waals surface area contributed by atoms with E-state index < -0.39 is 5.97 Å². The molecular weight excluding hydrogens is 204 g/mol. The predicted octanol–water partition coefficient (Wildman–Crippen LogP) is 2.45. The summed E-state index contributed by atoms with van der Waals surface area (Å²) in [5.74, 6) is -0.663. The third kappa shape index (κ3) is 1.86. The quantitative estimate of drug-likeness (QED) is 0.837. The predicted molar refractivity (Wildman–Crippen MR) is 60.6 cm³/mol. The lowest BCUT2D eigenvalue weighted by molar-refractivity contribution is 0.0697. The molecule has 16 heavy (non-hydrogen) atoms. The van der Waals surface area contributed by atoms with Crippen LogP contribution < -0.4 is 0 Å². The molecule has 4 heteroatoms. The van der Waals surface area contributed by atoms with Crippen LogP contribution in [0.1, 0.15) is 35.8 Å². The molecule has 4 nitrogen and oxygen atoms in total. The summed E-state index contributed by atoms with van der Waals surface area (Å²) in [6.45, 7) is 4.05. The fraction of sp³-hybridized carbons (Fsp3) is 0.250. The Morgan fingerprint density at radius 3 is 2.69 bits per heavy atom. The van der Waals surface area contributed by atoms with E-state index in [1.165, 1.54) is 6.07 Å². The highest BCUT2D eigenvalue weighted by Gasteiger charge is 2.07. The van der Waals surface area contributed by atoms with Gasteiger partial charge in [-0.25, -0.2) is 9.78 Å². The molecule has 0 fully saturated rings. The Hall–Kier alpha value is -1.97. The zero-order valence-electron chi connectivity index (χ0n) is 9.14. The third-order valence-electron chi connectivity index (χ3n) is 2.40. The number of fused-ring (bicyclic) bond motifs is 1. The van der Waals surface area contributed by atoms with Gasteiger partial charge in [0.2, 0.25) is 0 Å². The molecule has 0 radical (unpaired) electrons. The summed E-state index contributed by atoms with van der Waals surface area (Å²) in [4.78, 5) is 19.5. The minimum atomic E-state index is -0.946. The van der Waals surface area contributed by atoms with E-state index in [9.17, 15) is 4.79 Å². The van der Waals surface area contributed by atoms with Crippen LogP contribution in [0.25, 0.3) is 11.0 Å². The summed E-state index contributed by atoms with van der Waals surface area (Å²) in [6.07, 6.45) is 1.73. The Morgan fingerprint density at radius 1 is 1.31 bits per heavy atom. The summed E-state index contributed by atoms with van der Waals surface area (Å²) in [7, 11) is 0. The molecule has 1 heterocycles. The highest BCUT2D eigenvalue weighted by atomic mass is 16.4. The molecule has 0 aliphatic carbocycles. The van der Waals surface area contributed by atoms with Gasteiger partial charge in [0, 0.05) is 6.20 Å². The average molecular weight is 216 g/mol. The molecular formula is C12H12N2O2. The number of hydrogen-bond acceptors (Lipinski definition) is 3. The van der Waals surface area contributed by atoms with E-state index in [0.29, 0.717) is 5.52 Å². The first kappa shape index (κ1) is 10.5. The zero-order chi connectivity index (χ0) is 11.7. The maximum absolute atomic E-state index is 10.8. The van der Waals surface area contributed by atoms with Gasteiger partial charge in [0.1, 0.15) is 0 Å². The van der Waals surface area contributed by atoms with E-state index in [1.54, 1.807) is 18.3 Å². The summed E-state index contributed by atoms with van der Waals surface area (Å²) in [5.41, 5.74) is 2.46. The standard InChI is InChI=1S/C12H12N2O2/c1-7(2)11-6-13-9-4-3-8(12(15)16)5-10(9)14-11/h3-7H,1-2H3,(H,15,16). The number of rotatable bonds is 2. The molecule has 2 rings (SSSR count). The summed E-state index contributed by atoms with van der Waals surface area (Å²) < 4.78 is 0. The number of aromatic nitrogens is 2. The Kier molecular flexibility index (Phi) is 2.56. The average Bonchev–Trinajstić information content (AvgIpc) is 2.27. The molecule has 0 unspecified atom stereocenters. The van der Waals surface area contributed by atoms with Crippen LogP contribution in [0.15, 0.2) is 24.4 Å². The van der Waals surface area contributed by atoms with Gasteiger partial charge in [-0.05, 0) is 24.1 Å². The van der Waals surface area contributed by atoms with E-state index in [-0.39, 0.29) is 11.5 Å². The Bertz CT molecular complexity index is 550. The van der Waals surface area contributed by atoms with Crippen molar-refractivity contribution in [3.63, 3.8) is 0 Å². The second-order valence-corrected chi connectivity index (χ2v) is 3.96. The number of carboxylic acid groups (broad SMARTS) is 1. The minimum absolute atomic E-state index is 0.239. The van der Waals surface area contributed by atoms with Crippen molar-refractivity contribution in [1.82, 2.24) is 9.97 Å². The molecule has 1 N–H and O–H groups in total. The first-order valence-corrected chi connectivity index (χ1v) is 5.08. The lowest BCUT2D eigenvalue weighted by atomic mass is 10.1. The van der Waals surface area contributed by atoms with Crippen LogP contribution in [-0.2, 0) is 0 Å². The Labute approximate surface area is 93.0 Å². The monoisotopic (exact) mass is 216 g/mol. The first-order valence-electron chi connectivity index (χ1n) is 5.08. The van der Waals surface area contributed by atoms with E-state index >= 15 is 0 Å². The van der Waals surface area contributed by atoms with Gasteiger partial charge in [0.15, 0.2) is 0 Å². The number of benzene rings is 1. The fourth-order valence-corrected chi connectivity index (χ4v) is 1.44. The molecule has 0 bridgehead atoms. The maximum atomic E-state index is 10.8. The van der Waals surface area contributed by atoms with Crippen LogP contribution in [0.3, 0.4) is 0 Å². The maximum Gasteiger partial charge on any atom is 0.335 e. The number of hydrogen-bond donors (Lipinski definition) is 1. The fourth-order valence-electron chi connectivity index (χ4n) is 1.44. The van der Waals surface area contributed by atoms with Gasteiger partial charge in [0.05, 0.1) is 22.3 Å². The van der Waals surface area contributed by atoms with Crippen LogP contribution in [0.4, 0.5) is 0 Å². The molecule has 2 aromatic rings. The van der Waals surface area contributed by atoms with Crippen LogP contribution in [0.2, 0.25) is 0 Å². The van der Waals surface area contributed by atoms with Gasteiger partial charge in [0.25, 0.3) is 0 Å². The molecule has 0 saturated heterocycles. The Morgan fingerprint density at radius 2 is 2.06 bits per heavy atom. The third-order valence-corrected chi connectivity index (χ3v) is 2.40. The van der Waals surface area contributed by atoms with E-state index in [2.05, 4.69) is 9.97 Å². The summed E-state index contributed by atoms with van der Waals surface area (Å²) in [6, 6.07) is 4.76. The molecule has 1 aromatic carbocycles. The van der Waals surface area contributed by atoms with Crippen LogP contribution in [0, 0.1) is 0 Å². The van der Waals surface area contributed by atoms with Gasteiger partial charge in [-0.1, -0.05) is 13.8 Å². The topological polar surface area (TPSA) is 63.1 Å². The second-order valence-electron chi connectivity index (χ2n) is 3.96. The van der Waals surface area contributed by atoms with Gasteiger partial charge in [-0.15, -0.1) is 0 Å². The van der Waals surface area contributed by atoms with Crippen molar-refractivity contribution in [3.05, 3.63) is 35.7 Å². The van der Waals surface area contributed by atoms with Gasteiger partial charge in [-0.3, -0.25) is 4.98 Å². The van der Waals surface area contributed by atoms with Crippen molar-refractivity contribution in [2.24, 2.45) is 0 Å². The zero-order valence-corrected chi connectivity index (χ0v) is 9.14. The van der Waals surface area contributed by atoms with Crippen molar-refractivity contribution in [2.45, 2.75) is 19.8 Å². The van der Waals surface area contributed by atoms with Gasteiger partial charge < -0.3 is 5.11 Å². The van der Waals surface area contributed by atoms with Gasteiger partial charge in [-0.2, -0.15) is 0 Å².